The van der Waals surface area contributed by atoms with Crippen molar-refractivity contribution in [2.45, 2.75) is 6.10 Å². The minimum atomic E-state index is -3.63. The monoisotopic (exact) mass is 323 g/mol. The third-order valence-corrected chi connectivity index (χ3v) is 3.50. The summed E-state index contributed by atoms with van der Waals surface area (Å²) < 4.78 is 38.2. The first-order chi connectivity index (χ1) is 10.3. The third-order valence-electron chi connectivity index (χ3n) is 2.91. The number of hydrogen-bond acceptors (Lipinski definition) is 4. The zero-order chi connectivity index (χ0) is 16.3. The molecular formula is C15H14FNO4S. The van der Waals surface area contributed by atoms with Gasteiger partial charge in [-0.1, -0.05) is 30.3 Å². The van der Waals surface area contributed by atoms with Gasteiger partial charge in [0.25, 0.3) is 0 Å². The molecule has 2 aromatic carbocycles. The summed E-state index contributed by atoms with van der Waals surface area (Å²) >= 11 is 0. The summed E-state index contributed by atoms with van der Waals surface area (Å²) in [6.07, 6.45) is -0.756. The Morgan fingerprint density at radius 2 is 1.82 bits per heavy atom. The Balaban J connectivity index is 2.42. The largest absolute Gasteiger partial charge is 0.380 e. The number of aliphatic hydroxyl groups excluding tert-OH is 1. The number of anilines is 1. The second-order valence-corrected chi connectivity index (χ2v) is 6.49. The number of hydrogen-bond donors (Lipinski definition) is 2. The van der Waals surface area contributed by atoms with Crippen LogP contribution < -0.4 is 4.72 Å². The lowest BCUT2D eigenvalue weighted by molar-refractivity contribution is 0.0748. The van der Waals surface area contributed by atoms with Crippen molar-refractivity contribution in [1.82, 2.24) is 0 Å². The topological polar surface area (TPSA) is 83.5 Å². The lowest BCUT2D eigenvalue weighted by atomic mass is 9.98. The number of rotatable bonds is 5. The van der Waals surface area contributed by atoms with E-state index in [4.69, 9.17) is 0 Å². The molecule has 1 unspecified atom stereocenters. The van der Waals surface area contributed by atoms with Gasteiger partial charge in [-0.2, -0.15) is 0 Å². The molecule has 5 nitrogen and oxygen atoms in total. The van der Waals surface area contributed by atoms with Gasteiger partial charge in [0.1, 0.15) is 11.9 Å². The predicted octanol–water partition coefficient (Wildman–Crippen LogP) is 2.11. The van der Waals surface area contributed by atoms with Crippen LogP contribution in [0.15, 0.2) is 48.5 Å². The fourth-order valence-corrected chi connectivity index (χ4v) is 2.54. The van der Waals surface area contributed by atoms with Gasteiger partial charge in [-0.3, -0.25) is 9.52 Å². The molecule has 0 saturated heterocycles. The molecule has 0 aromatic heterocycles. The van der Waals surface area contributed by atoms with Crippen LogP contribution in [0.4, 0.5) is 10.1 Å². The van der Waals surface area contributed by atoms with E-state index in [1.54, 1.807) is 18.2 Å². The highest BCUT2D eigenvalue weighted by Crippen LogP contribution is 2.27. The van der Waals surface area contributed by atoms with Gasteiger partial charge in [-0.05, 0) is 18.2 Å². The van der Waals surface area contributed by atoms with Gasteiger partial charge in [-0.25, -0.2) is 12.8 Å². The van der Waals surface area contributed by atoms with Crippen molar-refractivity contribution in [3.63, 3.8) is 0 Å². The number of halogens is 1. The van der Waals surface area contributed by atoms with Crippen LogP contribution in [0.5, 0.6) is 0 Å². The Labute approximate surface area is 127 Å². The lowest BCUT2D eigenvalue weighted by Gasteiger charge is -2.15. The molecule has 0 aliphatic heterocycles. The molecule has 0 amide bonds. The number of carbonyl (C=O) groups excluding carboxylic acids is 1. The molecule has 0 radical (unpaired) electrons. The van der Waals surface area contributed by atoms with Crippen molar-refractivity contribution in [2.75, 3.05) is 11.0 Å². The number of nitrogens with one attached hydrogen (secondary N) is 1. The van der Waals surface area contributed by atoms with Crippen molar-refractivity contribution in [2.24, 2.45) is 0 Å². The SMILES string of the molecule is CS(=O)(=O)Nc1ccc(F)cc1C(O)C(=O)c1ccccc1. The van der Waals surface area contributed by atoms with Gasteiger partial charge >= 0.3 is 0 Å². The first kappa shape index (κ1) is 16.1. The number of sulfonamides is 1. The second-order valence-electron chi connectivity index (χ2n) is 4.74. The van der Waals surface area contributed by atoms with Crippen LogP contribution in [0, 0.1) is 5.82 Å². The first-order valence-electron chi connectivity index (χ1n) is 6.32. The number of Topliss-reactive ketones (excluding diaryl/α,β-unsaturated/α-hetero) is 1. The molecule has 0 bridgehead atoms. The van der Waals surface area contributed by atoms with E-state index < -0.39 is 27.7 Å². The Kier molecular flexibility index (Phi) is 4.58. The lowest BCUT2D eigenvalue weighted by Crippen LogP contribution is -2.17. The van der Waals surface area contributed by atoms with Crippen molar-refractivity contribution < 1.29 is 22.7 Å². The first-order valence-corrected chi connectivity index (χ1v) is 8.21. The van der Waals surface area contributed by atoms with Gasteiger partial charge in [0, 0.05) is 11.1 Å². The van der Waals surface area contributed by atoms with E-state index in [1.807, 2.05) is 0 Å². The molecule has 2 rings (SSSR count). The standard InChI is InChI=1S/C15H14FNO4S/c1-22(20,21)17-13-8-7-11(16)9-12(13)15(19)14(18)10-5-3-2-4-6-10/h2-9,15,17,19H,1H3. The molecule has 0 aliphatic rings. The van der Waals surface area contributed by atoms with Crippen molar-refractivity contribution in [3.05, 3.63) is 65.5 Å². The minimum absolute atomic E-state index is 0.0410. The molecule has 1 atom stereocenters. The van der Waals surface area contributed by atoms with Crippen molar-refractivity contribution >= 4 is 21.5 Å². The van der Waals surface area contributed by atoms with E-state index in [1.165, 1.54) is 12.1 Å². The van der Waals surface area contributed by atoms with Crippen LogP contribution in [-0.2, 0) is 10.0 Å². The Morgan fingerprint density at radius 3 is 2.41 bits per heavy atom. The molecule has 22 heavy (non-hydrogen) atoms. The summed E-state index contributed by atoms with van der Waals surface area (Å²) in [6.45, 7) is 0. The highest BCUT2D eigenvalue weighted by atomic mass is 32.2. The predicted molar refractivity (Wildman–Crippen MR) is 80.6 cm³/mol. The molecule has 7 heteroatoms. The van der Waals surface area contributed by atoms with Gasteiger partial charge in [0.05, 0.1) is 11.9 Å². The minimum Gasteiger partial charge on any atom is -0.380 e. The summed E-state index contributed by atoms with van der Waals surface area (Å²) in [4.78, 5) is 12.2. The van der Waals surface area contributed by atoms with Gasteiger partial charge in [-0.15, -0.1) is 0 Å². The Morgan fingerprint density at radius 1 is 1.18 bits per heavy atom. The van der Waals surface area contributed by atoms with Crippen LogP contribution in [0.25, 0.3) is 0 Å². The third kappa shape index (κ3) is 3.90. The molecule has 2 aromatic rings. The van der Waals surface area contributed by atoms with Crippen molar-refractivity contribution in [3.8, 4) is 0 Å². The van der Waals surface area contributed by atoms with E-state index in [9.17, 15) is 22.7 Å². The van der Waals surface area contributed by atoms with Crippen LogP contribution in [0.1, 0.15) is 22.0 Å². The normalized spacial score (nSPS) is 12.7. The average Bonchev–Trinajstić information content (AvgIpc) is 2.47. The Hall–Kier alpha value is -2.25. The van der Waals surface area contributed by atoms with Crippen LogP contribution in [0.3, 0.4) is 0 Å². The summed E-state index contributed by atoms with van der Waals surface area (Å²) in [5.41, 5.74) is 0.0597. The van der Waals surface area contributed by atoms with Crippen LogP contribution >= 0.6 is 0 Å². The molecule has 0 fully saturated rings. The fourth-order valence-electron chi connectivity index (χ4n) is 1.95. The highest BCUT2D eigenvalue weighted by Gasteiger charge is 2.23. The van der Waals surface area contributed by atoms with E-state index in [0.29, 0.717) is 0 Å². The molecule has 116 valence electrons. The van der Waals surface area contributed by atoms with Gasteiger partial charge in [0.15, 0.2) is 5.78 Å². The molecular weight excluding hydrogens is 309 g/mol. The Bertz CT molecular complexity index is 790. The van der Waals surface area contributed by atoms with Crippen LogP contribution in [-0.4, -0.2) is 25.6 Å². The zero-order valence-corrected chi connectivity index (χ0v) is 12.5. The summed E-state index contributed by atoms with van der Waals surface area (Å²) in [7, 11) is -3.63. The van der Waals surface area contributed by atoms with E-state index in [2.05, 4.69) is 4.72 Å². The molecule has 0 aliphatic carbocycles. The quantitative estimate of drug-likeness (QED) is 0.826. The van der Waals surface area contributed by atoms with E-state index in [0.717, 1.165) is 24.5 Å². The molecule has 2 N–H and O–H groups in total. The number of carbonyl (C=O) groups is 1. The van der Waals surface area contributed by atoms with E-state index in [-0.39, 0.29) is 16.8 Å². The average molecular weight is 323 g/mol. The molecule has 0 saturated carbocycles. The summed E-state index contributed by atoms with van der Waals surface area (Å²) in [5.74, 6) is -1.34. The number of aliphatic hydroxyl groups is 1. The maximum Gasteiger partial charge on any atom is 0.229 e. The summed E-state index contributed by atoms with van der Waals surface area (Å²) in [6, 6.07) is 11.1. The zero-order valence-electron chi connectivity index (χ0n) is 11.7. The van der Waals surface area contributed by atoms with Gasteiger partial charge in [0.2, 0.25) is 10.0 Å². The highest BCUT2D eigenvalue weighted by molar-refractivity contribution is 7.92. The number of benzene rings is 2. The van der Waals surface area contributed by atoms with Crippen LogP contribution in [0.2, 0.25) is 0 Å². The maximum absolute atomic E-state index is 13.4. The fraction of sp³-hybridized carbons (Fsp3) is 0.133. The molecule has 0 spiro atoms. The number of ketones is 1. The van der Waals surface area contributed by atoms with Crippen molar-refractivity contribution in [1.29, 1.82) is 0 Å². The molecule has 0 heterocycles. The smallest absolute Gasteiger partial charge is 0.229 e. The maximum atomic E-state index is 13.4. The van der Waals surface area contributed by atoms with Gasteiger partial charge < -0.3 is 5.11 Å². The summed E-state index contributed by atoms with van der Waals surface area (Å²) in [5, 5.41) is 10.2. The second kappa shape index (κ2) is 6.25. The van der Waals surface area contributed by atoms with E-state index >= 15 is 0 Å².